The maximum absolute atomic E-state index is 11.8. The van der Waals surface area contributed by atoms with E-state index in [9.17, 15) is 4.79 Å². The number of ether oxygens (including phenoxy) is 1. The van der Waals surface area contributed by atoms with Gasteiger partial charge in [-0.1, -0.05) is 42.5 Å². The summed E-state index contributed by atoms with van der Waals surface area (Å²) in [6, 6.07) is 19.5. The molecule has 0 aliphatic carbocycles. The average molecular weight is 349 g/mol. The van der Waals surface area contributed by atoms with Gasteiger partial charge in [0.05, 0.1) is 11.0 Å². The third kappa shape index (κ3) is 2.99. The Morgan fingerprint density at radius 3 is 2.68 bits per heavy atom. The topological polar surface area (TPSA) is 70.1 Å². The molecule has 1 amide bonds. The van der Waals surface area contributed by atoms with Gasteiger partial charge in [0.15, 0.2) is 0 Å². The van der Waals surface area contributed by atoms with Crippen molar-refractivity contribution in [1.82, 2.24) is 9.55 Å². The number of para-hydroxylation sites is 2. The lowest BCUT2D eigenvalue weighted by molar-refractivity contribution is 0.1000. The van der Waals surface area contributed by atoms with Crippen LogP contribution in [0.25, 0.3) is 16.0 Å². The van der Waals surface area contributed by atoms with Gasteiger partial charge in [-0.05, 0) is 17.7 Å². The monoisotopic (exact) mass is 349 g/mol. The molecular formula is C19H15N3O2S. The van der Waals surface area contributed by atoms with Crippen molar-refractivity contribution in [2.75, 3.05) is 0 Å². The first-order chi connectivity index (χ1) is 12.2. The number of nitrogens with zero attached hydrogens (tertiary/aromatic N) is 2. The van der Waals surface area contributed by atoms with Crippen molar-refractivity contribution in [3.63, 3.8) is 0 Å². The van der Waals surface area contributed by atoms with Crippen LogP contribution in [-0.4, -0.2) is 15.5 Å². The first-order valence-electron chi connectivity index (χ1n) is 7.75. The Morgan fingerprint density at radius 1 is 1.12 bits per heavy atom. The Hall–Kier alpha value is -3.12. The largest absolute Gasteiger partial charge is 0.487 e. The van der Waals surface area contributed by atoms with Gasteiger partial charge in [-0.15, -0.1) is 11.3 Å². The number of carbonyl (C=O) groups is 1. The number of benzene rings is 2. The predicted molar refractivity (Wildman–Crippen MR) is 98.2 cm³/mol. The Labute approximate surface area is 148 Å². The minimum atomic E-state index is -0.497. The minimum absolute atomic E-state index is 0.377. The number of thiophene rings is 1. The lowest BCUT2D eigenvalue weighted by atomic mass is 10.2. The van der Waals surface area contributed by atoms with Gasteiger partial charge in [-0.25, -0.2) is 4.98 Å². The van der Waals surface area contributed by atoms with E-state index in [1.54, 1.807) is 6.33 Å². The van der Waals surface area contributed by atoms with Crippen molar-refractivity contribution in [2.45, 2.75) is 6.61 Å². The van der Waals surface area contributed by atoms with Crippen molar-refractivity contribution < 1.29 is 9.53 Å². The number of fused-ring (bicyclic) bond motifs is 1. The van der Waals surface area contributed by atoms with Crippen LogP contribution >= 0.6 is 11.3 Å². The van der Waals surface area contributed by atoms with Gasteiger partial charge in [0.2, 0.25) is 0 Å². The number of amides is 1. The summed E-state index contributed by atoms with van der Waals surface area (Å²) in [6.07, 6.45) is 1.74. The number of carbonyl (C=O) groups excluding carboxylic acids is 1. The van der Waals surface area contributed by atoms with Crippen LogP contribution in [0, 0.1) is 0 Å². The van der Waals surface area contributed by atoms with E-state index < -0.39 is 5.91 Å². The molecule has 2 aromatic heterocycles. The zero-order valence-electron chi connectivity index (χ0n) is 13.3. The molecule has 0 spiro atoms. The molecule has 0 unspecified atom stereocenters. The summed E-state index contributed by atoms with van der Waals surface area (Å²) >= 11 is 1.30. The fourth-order valence-corrected chi connectivity index (χ4v) is 3.57. The smallest absolute Gasteiger partial charge is 0.262 e. The lowest BCUT2D eigenvalue weighted by Gasteiger charge is -2.05. The second-order valence-electron chi connectivity index (χ2n) is 5.52. The fourth-order valence-electron chi connectivity index (χ4n) is 2.63. The Balaban J connectivity index is 1.69. The van der Waals surface area contributed by atoms with Crippen molar-refractivity contribution in [3.05, 3.63) is 77.4 Å². The van der Waals surface area contributed by atoms with Gasteiger partial charge < -0.3 is 10.5 Å². The van der Waals surface area contributed by atoms with Crippen molar-refractivity contribution in [2.24, 2.45) is 5.73 Å². The van der Waals surface area contributed by atoms with E-state index in [4.69, 9.17) is 10.5 Å². The fraction of sp³-hybridized carbons (Fsp3) is 0.0526. The first-order valence-corrected chi connectivity index (χ1v) is 8.57. The zero-order valence-corrected chi connectivity index (χ0v) is 14.1. The molecule has 0 radical (unpaired) electrons. The van der Waals surface area contributed by atoms with E-state index >= 15 is 0 Å². The van der Waals surface area contributed by atoms with E-state index in [0.717, 1.165) is 21.6 Å². The number of hydrogen-bond acceptors (Lipinski definition) is 4. The molecule has 25 heavy (non-hydrogen) atoms. The minimum Gasteiger partial charge on any atom is -0.487 e. The first kappa shape index (κ1) is 15.4. The summed E-state index contributed by atoms with van der Waals surface area (Å²) in [6.45, 7) is 0.377. The van der Waals surface area contributed by atoms with Gasteiger partial charge >= 0.3 is 0 Å². The van der Waals surface area contributed by atoms with Gasteiger partial charge in [0.1, 0.15) is 28.6 Å². The van der Waals surface area contributed by atoms with Gasteiger partial charge in [0.25, 0.3) is 5.91 Å². The Kier molecular flexibility index (Phi) is 3.95. The summed E-state index contributed by atoms with van der Waals surface area (Å²) < 4.78 is 7.78. The number of nitrogens with two attached hydrogens (primary N) is 1. The van der Waals surface area contributed by atoms with Crippen LogP contribution in [0.3, 0.4) is 0 Å². The van der Waals surface area contributed by atoms with Gasteiger partial charge in [0, 0.05) is 6.07 Å². The van der Waals surface area contributed by atoms with Crippen LogP contribution in [0.2, 0.25) is 0 Å². The third-order valence-electron chi connectivity index (χ3n) is 3.84. The summed E-state index contributed by atoms with van der Waals surface area (Å²) in [5, 5.41) is 0.838. The molecule has 2 N–H and O–H groups in total. The highest BCUT2D eigenvalue weighted by Gasteiger charge is 2.17. The molecule has 5 nitrogen and oxygen atoms in total. The van der Waals surface area contributed by atoms with Crippen molar-refractivity contribution >= 4 is 28.3 Å². The summed E-state index contributed by atoms with van der Waals surface area (Å²) in [5.41, 5.74) is 8.42. The molecule has 4 aromatic rings. The predicted octanol–water partition coefficient (Wildman–Crippen LogP) is 3.76. The Bertz CT molecular complexity index is 1040. The molecule has 0 saturated carbocycles. The molecule has 0 aliphatic rings. The molecular weight excluding hydrogens is 334 g/mol. The molecule has 0 aliphatic heterocycles. The van der Waals surface area contributed by atoms with E-state index in [1.165, 1.54) is 11.3 Å². The molecule has 0 saturated heterocycles. The molecule has 0 atom stereocenters. The van der Waals surface area contributed by atoms with Crippen LogP contribution < -0.4 is 10.5 Å². The zero-order chi connectivity index (χ0) is 17.2. The quantitative estimate of drug-likeness (QED) is 0.596. The number of imidazole rings is 1. The second-order valence-corrected chi connectivity index (χ2v) is 6.55. The van der Waals surface area contributed by atoms with E-state index in [1.807, 2.05) is 65.2 Å². The Morgan fingerprint density at radius 2 is 1.88 bits per heavy atom. The van der Waals surface area contributed by atoms with Crippen LogP contribution in [0.15, 0.2) is 67.0 Å². The van der Waals surface area contributed by atoms with Crippen LogP contribution in [0.4, 0.5) is 0 Å². The highest BCUT2D eigenvalue weighted by atomic mass is 32.1. The molecule has 0 fully saturated rings. The van der Waals surface area contributed by atoms with Crippen LogP contribution in [0.1, 0.15) is 15.2 Å². The summed E-state index contributed by atoms with van der Waals surface area (Å²) in [5.74, 6) is -0.00198. The van der Waals surface area contributed by atoms with Gasteiger partial charge in [-0.2, -0.15) is 0 Å². The van der Waals surface area contributed by atoms with E-state index in [0.29, 0.717) is 17.2 Å². The molecule has 4 rings (SSSR count). The number of rotatable bonds is 5. The van der Waals surface area contributed by atoms with E-state index in [2.05, 4.69) is 4.98 Å². The highest BCUT2D eigenvalue weighted by molar-refractivity contribution is 7.16. The van der Waals surface area contributed by atoms with Crippen LogP contribution in [0.5, 0.6) is 5.75 Å². The summed E-state index contributed by atoms with van der Waals surface area (Å²) in [7, 11) is 0. The van der Waals surface area contributed by atoms with E-state index in [-0.39, 0.29) is 0 Å². The molecule has 2 heterocycles. The highest BCUT2D eigenvalue weighted by Crippen LogP contribution is 2.33. The standard InChI is InChI=1S/C19H15N3O2S/c20-19(23)18-16(24-11-13-6-2-1-3-7-13)10-17(25-18)22-12-21-14-8-4-5-9-15(14)22/h1-10,12H,11H2,(H2,20,23). The molecule has 2 aromatic carbocycles. The maximum atomic E-state index is 11.8. The number of hydrogen-bond donors (Lipinski definition) is 1. The van der Waals surface area contributed by atoms with Crippen molar-refractivity contribution in [3.8, 4) is 10.8 Å². The lowest BCUT2D eigenvalue weighted by Crippen LogP contribution is -2.10. The van der Waals surface area contributed by atoms with Crippen LogP contribution in [-0.2, 0) is 6.61 Å². The number of primary amides is 1. The SMILES string of the molecule is NC(=O)c1sc(-n2cnc3ccccc32)cc1OCc1ccccc1. The second kappa shape index (κ2) is 6.41. The third-order valence-corrected chi connectivity index (χ3v) is 4.97. The summed E-state index contributed by atoms with van der Waals surface area (Å²) in [4.78, 5) is 16.6. The average Bonchev–Trinajstić information content (AvgIpc) is 3.25. The van der Waals surface area contributed by atoms with Gasteiger partial charge in [-0.3, -0.25) is 9.36 Å². The molecule has 124 valence electrons. The number of aromatic nitrogens is 2. The van der Waals surface area contributed by atoms with Crippen molar-refractivity contribution in [1.29, 1.82) is 0 Å². The maximum Gasteiger partial charge on any atom is 0.262 e. The molecule has 6 heteroatoms. The normalized spacial score (nSPS) is 10.9. The molecule has 0 bridgehead atoms.